The third kappa shape index (κ3) is 3.23. The van der Waals surface area contributed by atoms with Crippen LogP contribution in [0, 0.1) is 0 Å². The number of ether oxygens (including phenoxy) is 3. The number of benzene rings is 1. The molecule has 2 aliphatic heterocycles. The van der Waals surface area contributed by atoms with Crippen molar-refractivity contribution in [1.29, 1.82) is 0 Å². The van der Waals surface area contributed by atoms with E-state index in [0.717, 1.165) is 15.2 Å². The third-order valence-corrected chi connectivity index (χ3v) is 5.31. The van der Waals surface area contributed by atoms with Gasteiger partial charge in [0.25, 0.3) is 0 Å². The highest BCUT2D eigenvalue weighted by molar-refractivity contribution is 9.10. The first-order valence-electron chi connectivity index (χ1n) is 8.01. The van der Waals surface area contributed by atoms with Gasteiger partial charge in [0.1, 0.15) is 0 Å². The van der Waals surface area contributed by atoms with Gasteiger partial charge in [-0.1, -0.05) is 27.7 Å². The Bertz CT molecular complexity index is 835. The molecule has 1 aromatic carbocycles. The highest BCUT2D eigenvalue weighted by Crippen LogP contribution is 2.47. The second-order valence-corrected chi connectivity index (χ2v) is 7.35. The summed E-state index contributed by atoms with van der Waals surface area (Å²) in [6.45, 7) is 3.90. The molecule has 0 radical (unpaired) electrons. The molecule has 0 unspecified atom stereocenters. The number of hydrogen-bond donors (Lipinski definition) is 0. The lowest BCUT2D eigenvalue weighted by molar-refractivity contribution is -0.139. The highest BCUT2D eigenvalue weighted by atomic mass is 79.9. The fraction of sp³-hybridized carbons (Fsp3) is 0.333. The molecule has 2 aliphatic rings. The summed E-state index contributed by atoms with van der Waals surface area (Å²) in [6, 6.07) is 3.34. The van der Waals surface area contributed by atoms with Crippen LogP contribution in [0.3, 0.4) is 0 Å². The van der Waals surface area contributed by atoms with E-state index < -0.39 is 6.04 Å². The van der Waals surface area contributed by atoms with E-state index in [1.54, 1.807) is 21.1 Å². The summed E-state index contributed by atoms with van der Waals surface area (Å²) in [5, 5.41) is 2.75. The molecule has 26 heavy (non-hydrogen) atoms. The van der Waals surface area contributed by atoms with E-state index in [2.05, 4.69) is 20.9 Å². The summed E-state index contributed by atoms with van der Waals surface area (Å²) < 4.78 is 17.2. The fourth-order valence-corrected chi connectivity index (χ4v) is 4.28. The minimum absolute atomic E-state index is 0.294. The third-order valence-electron chi connectivity index (χ3n) is 4.08. The number of allylic oxidation sites excluding steroid dienone is 1. The lowest BCUT2D eigenvalue weighted by Gasteiger charge is -2.34. The van der Waals surface area contributed by atoms with Gasteiger partial charge in [-0.15, -0.1) is 0 Å². The minimum atomic E-state index is -0.422. The number of rotatable bonds is 5. The smallest absolute Gasteiger partial charge is 0.338 e. The quantitative estimate of drug-likeness (QED) is 0.640. The zero-order valence-electron chi connectivity index (χ0n) is 14.9. The zero-order chi connectivity index (χ0) is 18.8. The van der Waals surface area contributed by atoms with Crippen LogP contribution in [0.15, 0.2) is 44.5 Å². The summed E-state index contributed by atoms with van der Waals surface area (Å²) in [6.07, 6.45) is 1.91. The van der Waals surface area contributed by atoms with Crippen LogP contribution in [0.1, 0.15) is 25.5 Å². The summed E-state index contributed by atoms with van der Waals surface area (Å²) in [7, 11) is 3.17. The molecule has 1 atom stereocenters. The molecule has 0 saturated heterocycles. The number of thioether (sulfide) groups is 1. The Morgan fingerprint density at radius 1 is 1.35 bits per heavy atom. The van der Waals surface area contributed by atoms with Gasteiger partial charge in [-0.3, -0.25) is 0 Å². The zero-order valence-corrected chi connectivity index (χ0v) is 17.3. The van der Waals surface area contributed by atoms with Crippen LogP contribution in [0.25, 0.3) is 0 Å². The average Bonchev–Trinajstić information content (AvgIpc) is 3.07. The van der Waals surface area contributed by atoms with Crippen molar-refractivity contribution in [3.8, 4) is 11.5 Å². The van der Waals surface area contributed by atoms with Gasteiger partial charge in [-0.2, -0.15) is 0 Å². The topological polar surface area (TPSA) is 60.4 Å². The number of fused-ring (bicyclic) bond motifs is 1. The van der Waals surface area contributed by atoms with Gasteiger partial charge < -0.3 is 19.1 Å². The predicted molar refractivity (Wildman–Crippen MR) is 105 cm³/mol. The first-order chi connectivity index (χ1) is 12.5. The maximum absolute atomic E-state index is 12.7. The van der Waals surface area contributed by atoms with Crippen LogP contribution in [0.5, 0.6) is 11.5 Å². The molecule has 0 aliphatic carbocycles. The largest absolute Gasteiger partial charge is 0.493 e. The molecule has 0 N–H and O–H groups in total. The summed E-state index contributed by atoms with van der Waals surface area (Å²) in [4.78, 5) is 19.2. The number of aliphatic imine (C=N–C) groups is 1. The molecule has 0 bridgehead atoms. The van der Waals surface area contributed by atoms with Crippen molar-refractivity contribution in [3.05, 3.63) is 45.0 Å². The molecule has 0 fully saturated rings. The van der Waals surface area contributed by atoms with E-state index in [9.17, 15) is 4.79 Å². The van der Waals surface area contributed by atoms with Gasteiger partial charge in [-0.25, -0.2) is 9.79 Å². The van der Waals surface area contributed by atoms with Crippen LogP contribution in [-0.2, 0) is 9.53 Å². The van der Waals surface area contributed by atoms with Crippen molar-refractivity contribution in [1.82, 2.24) is 4.90 Å². The maximum atomic E-state index is 12.7. The number of hydrogen-bond acceptors (Lipinski definition) is 7. The number of carbonyl (C=O) groups is 1. The normalized spacial score (nSPS) is 18.6. The van der Waals surface area contributed by atoms with Crippen LogP contribution >= 0.6 is 27.7 Å². The Morgan fingerprint density at radius 2 is 2.12 bits per heavy atom. The Kier molecular flexibility index (Phi) is 5.62. The molecule has 0 spiro atoms. The van der Waals surface area contributed by atoms with E-state index >= 15 is 0 Å². The van der Waals surface area contributed by atoms with Crippen molar-refractivity contribution in [2.24, 2.45) is 4.99 Å². The highest BCUT2D eigenvalue weighted by Gasteiger charge is 2.39. The van der Waals surface area contributed by atoms with Crippen molar-refractivity contribution >= 4 is 38.8 Å². The molecule has 1 aromatic rings. The van der Waals surface area contributed by atoms with Crippen LogP contribution in [0.4, 0.5) is 0 Å². The number of carbonyl (C=O) groups excluding carboxylic acids is 1. The van der Waals surface area contributed by atoms with Crippen molar-refractivity contribution < 1.29 is 19.0 Å². The number of esters is 1. The van der Waals surface area contributed by atoms with Gasteiger partial charge in [-0.05, 0) is 31.4 Å². The van der Waals surface area contributed by atoms with Crippen molar-refractivity contribution in [2.75, 3.05) is 20.8 Å². The van der Waals surface area contributed by atoms with Gasteiger partial charge >= 0.3 is 5.97 Å². The van der Waals surface area contributed by atoms with E-state index in [4.69, 9.17) is 14.2 Å². The van der Waals surface area contributed by atoms with E-state index in [0.29, 0.717) is 29.4 Å². The standard InChI is InChI=1S/C18H19BrN2O4S/c1-5-25-17(22)14-10(2)20-18-21(6-7-26-18)15(14)12-8-11(19)9-13(23-3)16(12)24-4/h6-9,15H,5H2,1-4H3/t15-/m0/s1. The van der Waals surface area contributed by atoms with E-state index in [1.165, 1.54) is 11.8 Å². The van der Waals surface area contributed by atoms with Crippen LogP contribution in [0.2, 0.25) is 0 Å². The summed E-state index contributed by atoms with van der Waals surface area (Å²) >= 11 is 5.03. The Balaban J connectivity index is 2.23. The summed E-state index contributed by atoms with van der Waals surface area (Å²) in [5.41, 5.74) is 1.92. The Hall–Kier alpha value is -1.93. The molecule has 2 heterocycles. The monoisotopic (exact) mass is 438 g/mol. The van der Waals surface area contributed by atoms with E-state index in [1.807, 2.05) is 35.6 Å². The Labute approximate surface area is 165 Å². The molecule has 0 amide bonds. The van der Waals surface area contributed by atoms with Crippen molar-refractivity contribution in [3.63, 3.8) is 0 Å². The molecule has 6 nitrogen and oxygen atoms in total. The van der Waals surface area contributed by atoms with Gasteiger partial charge in [0.05, 0.1) is 38.1 Å². The first-order valence-corrected chi connectivity index (χ1v) is 9.68. The van der Waals surface area contributed by atoms with Gasteiger partial charge in [0, 0.05) is 16.2 Å². The SMILES string of the molecule is CCOC(=O)C1=C(C)N=C2SC=CN2[C@H]1c1cc(Br)cc(OC)c1OC. The molecule has 0 saturated carbocycles. The number of halogens is 1. The second kappa shape index (κ2) is 7.75. The van der Waals surface area contributed by atoms with Gasteiger partial charge in [0.15, 0.2) is 16.7 Å². The van der Waals surface area contributed by atoms with Crippen molar-refractivity contribution in [2.45, 2.75) is 19.9 Å². The van der Waals surface area contributed by atoms with Gasteiger partial charge in [0.2, 0.25) is 0 Å². The molecule has 0 aromatic heterocycles. The van der Waals surface area contributed by atoms with E-state index in [-0.39, 0.29) is 5.97 Å². The average molecular weight is 439 g/mol. The number of methoxy groups -OCH3 is 2. The van der Waals surface area contributed by atoms with Crippen LogP contribution in [-0.4, -0.2) is 36.9 Å². The molecular weight excluding hydrogens is 420 g/mol. The molecule has 138 valence electrons. The lowest BCUT2D eigenvalue weighted by atomic mass is 9.93. The predicted octanol–water partition coefficient (Wildman–Crippen LogP) is 4.23. The Morgan fingerprint density at radius 3 is 2.77 bits per heavy atom. The lowest BCUT2D eigenvalue weighted by Crippen LogP contribution is -2.34. The number of nitrogens with zero attached hydrogens (tertiary/aromatic N) is 2. The van der Waals surface area contributed by atoms with Crippen LogP contribution < -0.4 is 9.47 Å². The fourth-order valence-electron chi connectivity index (χ4n) is 3.04. The number of amidine groups is 1. The molecular formula is C18H19BrN2O4S. The maximum Gasteiger partial charge on any atom is 0.338 e. The summed E-state index contributed by atoms with van der Waals surface area (Å²) in [5.74, 6) is 0.767. The minimum Gasteiger partial charge on any atom is -0.493 e. The molecule has 3 rings (SSSR count). The second-order valence-electron chi connectivity index (χ2n) is 5.56. The molecule has 8 heteroatoms. The first kappa shape index (κ1) is 18.8.